The van der Waals surface area contributed by atoms with Crippen molar-refractivity contribution in [3.8, 4) is 0 Å². The fourth-order valence-corrected chi connectivity index (χ4v) is 7.65. The number of ketones is 1. The molecule has 0 heterocycles. The van der Waals surface area contributed by atoms with Crippen molar-refractivity contribution in [3.05, 3.63) is 23.3 Å². The van der Waals surface area contributed by atoms with Crippen LogP contribution >= 0.6 is 0 Å². The maximum Gasteiger partial charge on any atom is 0.305 e. The van der Waals surface area contributed by atoms with Crippen LogP contribution < -0.4 is 0 Å². The van der Waals surface area contributed by atoms with Crippen LogP contribution in [-0.2, 0) is 14.3 Å². The molecule has 0 bridgehead atoms. The van der Waals surface area contributed by atoms with Crippen LogP contribution in [0.3, 0.4) is 0 Å². The highest BCUT2D eigenvalue weighted by Crippen LogP contribution is 2.65. The van der Waals surface area contributed by atoms with E-state index in [9.17, 15) is 9.59 Å². The summed E-state index contributed by atoms with van der Waals surface area (Å²) in [6.45, 7) is 7.34. The maximum atomic E-state index is 12.0. The first kappa shape index (κ1) is 20.9. The Kier molecular flexibility index (Phi) is 5.55. The summed E-state index contributed by atoms with van der Waals surface area (Å²) in [7, 11) is 1.47. The molecule has 29 heavy (non-hydrogen) atoms. The van der Waals surface area contributed by atoms with Crippen LogP contribution in [0.15, 0.2) is 23.3 Å². The molecule has 4 aliphatic rings. The van der Waals surface area contributed by atoms with Crippen LogP contribution in [0.2, 0.25) is 0 Å². The van der Waals surface area contributed by atoms with E-state index in [1.165, 1.54) is 38.4 Å². The highest BCUT2D eigenvalue weighted by molar-refractivity contribution is 5.82. The zero-order valence-corrected chi connectivity index (χ0v) is 18.8. The summed E-state index contributed by atoms with van der Waals surface area (Å²) in [5, 5.41) is 0. The topological polar surface area (TPSA) is 43.4 Å². The van der Waals surface area contributed by atoms with Gasteiger partial charge < -0.3 is 4.74 Å². The van der Waals surface area contributed by atoms with E-state index in [4.69, 9.17) is 4.74 Å². The number of allylic oxidation sites excluding steroid dienone is 4. The molecule has 0 aromatic heterocycles. The van der Waals surface area contributed by atoms with Crippen LogP contribution in [0.4, 0.5) is 0 Å². The normalized spacial score (nSPS) is 39.6. The number of rotatable bonds is 5. The van der Waals surface area contributed by atoms with E-state index in [1.807, 2.05) is 0 Å². The predicted molar refractivity (Wildman–Crippen MR) is 115 cm³/mol. The summed E-state index contributed by atoms with van der Waals surface area (Å²) in [6, 6.07) is 0. The number of ether oxygens (including phenoxy) is 1. The lowest BCUT2D eigenvalue weighted by atomic mass is 9.47. The van der Waals surface area contributed by atoms with E-state index in [0.717, 1.165) is 43.4 Å². The molecule has 2 saturated carbocycles. The Bertz CT molecular complexity index is 747. The number of Topliss-reactive ketones (excluding diaryl/α,β-unsaturated/α-hetero) is 1. The van der Waals surface area contributed by atoms with E-state index in [2.05, 4.69) is 32.9 Å². The van der Waals surface area contributed by atoms with Gasteiger partial charge in [0.15, 0.2) is 0 Å². The second-order valence-electron chi connectivity index (χ2n) is 10.7. The molecule has 0 aromatic carbocycles. The largest absolute Gasteiger partial charge is 0.469 e. The van der Waals surface area contributed by atoms with Gasteiger partial charge in [-0.15, -0.1) is 0 Å². The minimum atomic E-state index is -0.0915. The second-order valence-corrected chi connectivity index (χ2v) is 10.7. The minimum absolute atomic E-state index is 0.0915. The lowest BCUT2D eigenvalue weighted by Gasteiger charge is -2.57. The Hall–Kier alpha value is -1.38. The Balaban J connectivity index is 1.48. The summed E-state index contributed by atoms with van der Waals surface area (Å²) in [4.78, 5) is 23.5. The summed E-state index contributed by atoms with van der Waals surface area (Å²) in [6.07, 6.45) is 15.0. The monoisotopic (exact) mass is 398 g/mol. The lowest BCUT2D eigenvalue weighted by Crippen LogP contribution is -2.49. The first-order valence-electron chi connectivity index (χ1n) is 11.8. The van der Waals surface area contributed by atoms with Gasteiger partial charge in [-0.25, -0.2) is 0 Å². The number of esters is 1. The number of fused-ring (bicyclic) bond motifs is 5. The molecular weight excluding hydrogens is 360 g/mol. The molecule has 4 rings (SSSR count). The lowest BCUT2D eigenvalue weighted by molar-refractivity contribution is -0.140. The number of hydrogen-bond acceptors (Lipinski definition) is 3. The van der Waals surface area contributed by atoms with Gasteiger partial charge in [-0.05, 0) is 79.4 Å². The van der Waals surface area contributed by atoms with Gasteiger partial charge in [0.2, 0.25) is 0 Å². The van der Waals surface area contributed by atoms with Gasteiger partial charge in [0.05, 0.1) is 7.11 Å². The van der Waals surface area contributed by atoms with Crippen molar-refractivity contribution in [1.82, 2.24) is 0 Å². The molecule has 0 N–H and O–H groups in total. The maximum absolute atomic E-state index is 12.0. The summed E-state index contributed by atoms with van der Waals surface area (Å²) < 4.78 is 4.80. The molecule has 0 radical (unpaired) electrons. The van der Waals surface area contributed by atoms with Crippen molar-refractivity contribution in [1.29, 1.82) is 0 Å². The first-order valence-corrected chi connectivity index (χ1v) is 11.8. The van der Waals surface area contributed by atoms with Crippen molar-refractivity contribution in [2.45, 2.75) is 85.0 Å². The van der Waals surface area contributed by atoms with E-state index in [0.29, 0.717) is 30.0 Å². The zero-order chi connectivity index (χ0) is 20.8. The van der Waals surface area contributed by atoms with Crippen molar-refractivity contribution in [2.24, 2.45) is 34.5 Å². The van der Waals surface area contributed by atoms with Gasteiger partial charge in [0.25, 0.3) is 0 Å². The molecule has 0 spiro atoms. The Morgan fingerprint density at radius 2 is 1.97 bits per heavy atom. The first-order chi connectivity index (χ1) is 13.8. The molecule has 3 nitrogen and oxygen atoms in total. The van der Waals surface area contributed by atoms with Gasteiger partial charge in [0.1, 0.15) is 5.78 Å². The highest BCUT2D eigenvalue weighted by Gasteiger charge is 2.56. The van der Waals surface area contributed by atoms with E-state index in [1.54, 1.807) is 5.57 Å². The zero-order valence-electron chi connectivity index (χ0n) is 18.8. The van der Waals surface area contributed by atoms with Gasteiger partial charge in [0, 0.05) is 19.3 Å². The Labute approximate surface area is 176 Å². The average Bonchev–Trinajstić information content (AvgIpc) is 3.05. The number of hydrogen-bond donors (Lipinski definition) is 0. The van der Waals surface area contributed by atoms with Gasteiger partial charge in [-0.3, -0.25) is 9.59 Å². The predicted octanol–water partition coefficient (Wildman–Crippen LogP) is 6.03. The number of carbonyl (C=O) groups excluding carboxylic acids is 2. The van der Waals surface area contributed by atoms with E-state index >= 15 is 0 Å². The second kappa shape index (κ2) is 7.71. The highest BCUT2D eigenvalue weighted by atomic mass is 16.5. The molecule has 0 saturated heterocycles. The van der Waals surface area contributed by atoms with Gasteiger partial charge >= 0.3 is 5.97 Å². The van der Waals surface area contributed by atoms with E-state index in [-0.39, 0.29) is 11.4 Å². The average molecular weight is 399 g/mol. The Morgan fingerprint density at radius 1 is 1.17 bits per heavy atom. The third-order valence-corrected chi connectivity index (χ3v) is 9.35. The molecule has 6 atom stereocenters. The van der Waals surface area contributed by atoms with Crippen molar-refractivity contribution in [2.75, 3.05) is 7.11 Å². The van der Waals surface area contributed by atoms with E-state index < -0.39 is 0 Å². The smallest absolute Gasteiger partial charge is 0.305 e. The van der Waals surface area contributed by atoms with Crippen LogP contribution in [-0.4, -0.2) is 18.9 Å². The third-order valence-electron chi connectivity index (χ3n) is 9.35. The van der Waals surface area contributed by atoms with Crippen molar-refractivity contribution in [3.63, 3.8) is 0 Å². The van der Waals surface area contributed by atoms with Crippen molar-refractivity contribution < 1.29 is 14.3 Å². The summed E-state index contributed by atoms with van der Waals surface area (Å²) in [5.74, 6) is 3.14. The molecule has 0 amide bonds. The van der Waals surface area contributed by atoms with Crippen LogP contribution in [0.25, 0.3) is 0 Å². The molecule has 0 aromatic rings. The van der Waals surface area contributed by atoms with Crippen LogP contribution in [0, 0.1) is 34.5 Å². The standard InChI is InChI=1S/C26H38O3/c1-17(6-5-7-24(28)29-4)21-10-11-22-20-9-8-18-16-19(27)12-14-25(18,2)23(20)13-15-26(21,22)3/h8,10,17,20,22-23H,5-7,9,11-16H2,1-4H3/t17-,20+,22+,23+,25+,26-/m1/s1. The van der Waals surface area contributed by atoms with Gasteiger partial charge in [-0.1, -0.05) is 44.1 Å². The summed E-state index contributed by atoms with van der Waals surface area (Å²) >= 11 is 0. The molecule has 2 fully saturated rings. The molecule has 0 aliphatic heterocycles. The molecule has 3 heteroatoms. The van der Waals surface area contributed by atoms with Crippen molar-refractivity contribution >= 4 is 11.8 Å². The molecular formula is C26H38O3. The van der Waals surface area contributed by atoms with Crippen LogP contribution in [0.5, 0.6) is 0 Å². The summed E-state index contributed by atoms with van der Waals surface area (Å²) in [5.41, 5.74) is 3.69. The van der Waals surface area contributed by atoms with Gasteiger partial charge in [-0.2, -0.15) is 0 Å². The van der Waals surface area contributed by atoms with Crippen LogP contribution in [0.1, 0.15) is 85.0 Å². The third kappa shape index (κ3) is 3.43. The molecule has 160 valence electrons. The quantitative estimate of drug-likeness (QED) is 0.419. The SMILES string of the molecule is COC(=O)CCC[C@@H](C)C1=CC[C@H]2[C@@H]3CC=C4CC(=O)CC[C@]4(C)[C@H]3CC[C@]12C. The fraction of sp³-hybridized carbons (Fsp3) is 0.769. The number of methoxy groups -OCH3 is 1. The minimum Gasteiger partial charge on any atom is -0.469 e. The fourth-order valence-electron chi connectivity index (χ4n) is 7.65. The molecule has 0 unspecified atom stereocenters. The number of carbonyl (C=O) groups is 2. The molecule has 4 aliphatic carbocycles. The Morgan fingerprint density at radius 3 is 2.72 bits per heavy atom.